The first kappa shape index (κ1) is 36.1. The summed E-state index contributed by atoms with van der Waals surface area (Å²) in [5.74, 6) is 3.31. The number of aryl methyl sites for hydroxylation is 1. The molecule has 0 unspecified atom stereocenters. The Balaban J connectivity index is 1.95. The standard InChI is InChI=1S/C34H62O3S2Si/c1-8-9-10-11-12-13-14-15-16-18-32(37-40(6,7)33(2,3)4)27-30(35)28-34(38-25-17-26-39-34)24-23-29-19-21-31(36-5)22-20-29/h19-22,30,32,35H,8-18,23-28H2,1-7H3/t30-,32-/m1/s1. The highest BCUT2D eigenvalue weighted by Gasteiger charge is 2.40. The fourth-order valence-corrected chi connectivity index (χ4v) is 10.2. The van der Waals surface area contributed by atoms with Crippen LogP contribution in [0.2, 0.25) is 18.1 Å². The maximum absolute atomic E-state index is 11.5. The minimum absolute atomic E-state index is 0.0941. The van der Waals surface area contributed by atoms with Gasteiger partial charge >= 0.3 is 0 Å². The summed E-state index contributed by atoms with van der Waals surface area (Å²) in [6.07, 6.45) is 18.1. The van der Waals surface area contributed by atoms with E-state index in [-0.39, 0.29) is 21.3 Å². The molecule has 1 saturated heterocycles. The van der Waals surface area contributed by atoms with Crippen LogP contribution in [0.3, 0.4) is 0 Å². The third kappa shape index (κ3) is 13.4. The topological polar surface area (TPSA) is 38.7 Å². The molecule has 1 aromatic carbocycles. The number of thioether (sulfide) groups is 2. The van der Waals surface area contributed by atoms with Crippen molar-refractivity contribution in [3.05, 3.63) is 29.8 Å². The predicted molar refractivity (Wildman–Crippen MR) is 183 cm³/mol. The molecular weight excluding hydrogens is 549 g/mol. The number of benzene rings is 1. The van der Waals surface area contributed by atoms with Crippen molar-refractivity contribution in [3.63, 3.8) is 0 Å². The Bertz CT molecular complexity index is 787. The van der Waals surface area contributed by atoms with Crippen molar-refractivity contribution in [1.82, 2.24) is 0 Å². The SMILES string of the molecule is CCCCCCCCCCC[C@H](C[C@@H](O)CC1(CCc2ccc(OC)cc2)SCCCS1)O[Si](C)(C)C(C)(C)C. The number of rotatable bonds is 20. The van der Waals surface area contributed by atoms with Gasteiger partial charge in [-0.15, -0.1) is 23.5 Å². The number of methoxy groups -OCH3 is 1. The molecule has 40 heavy (non-hydrogen) atoms. The van der Waals surface area contributed by atoms with Gasteiger partial charge in [-0.05, 0) is 85.9 Å². The molecule has 1 fully saturated rings. The van der Waals surface area contributed by atoms with Gasteiger partial charge in [-0.3, -0.25) is 0 Å². The number of aliphatic hydroxyl groups excluding tert-OH is 1. The van der Waals surface area contributed by atoms with Crippen molar-refractivity contribution in [2.24, 2.45) is 0 Å². The molecule has 0 saturated carbocycles. The summed E-state index contributed by atoms with van der Waals surface area (Å²) in [6.45, 7) is 14.0. The molecule has 1 aliphatic rings. The van der Waals surface area contributed by atoms with Crippen LogP contribution in [0.1, 0.15) is 123 Å². The smallest absolute Gasteiger partial charge is 0.192 e. The van der Waals surface area contributed by atoms with Crippen LogP contribution in [0, 0.1) is 0 Å². The normalized spacial score (nSPS) is 17.5. The second-order valence-corrected chi connectivity index (χ2v) is 21.5. The van der Waals surface area contributed by atoms with Gasteiger partial charge in [-0.1, -0.05) is 97.6 Å². The molecule has 6 heteroatoms. The molecule has 1 heterocycles. The van der Waals surface area contributed by atoms with E-state index < -0.39 is 8.32 Å². The zero-order chi connectivity index (χ0) is 29.5. The fraction of sp³-hybridized carbons (Fsp3) is 0.824. The number of hydrogen-bond donors (Lipinski definition) is 1. The Morgan fingerprint density at radius 1 is 0.925 bits per heavy atom. The molecule has 0 spiro atoms. The number of aliphatic hydroxyl groups is 1. The molecule has 0 bridgehead atoms. The summed E-state index contributed by atoms with van der Waals surface area (Å²) in [5, 5.41) is 11.7. The second kappa shape index (κ2) is 18.5. The van der Waals surface area contributed by atoms with Gasteiger partial charge in [0, 0.05) is 6.10 Å². The summed E-state index contributed by atoms with van der Waals surface area (Å²) in [4.78, 5) is 0. The van der Waals surface area contributed by atoms with E-state index in [1.54, 1.807) is 7.11 Å². The van der Waals surface area contributed by atoms with Crippen LogP contribution in [-0.2, 0) is 10.8 Å². The van der Waals surface area contributed by atoms with Crippen molar-refractivity contribution in [3.8, 4) is 5.75 Å². The Hall–Kier alpha value is -0.143. The molecule has 1 N–H and O–H groups in total. The molecule has 1 aromatic rings. The van der Waals surface area contributed by atoms with Gasteiger partial charge in [-0.2, -0.15) is 0 Å². The molecule has 0 aromatic heterocycles. The summed E-state index contributed by atoms with van der Waals surface area (Å²) in [7, 11) is -0.178. The molecule has 1 aliphatic heterocycles. The lowest BCUT2D eigenvalue weighted by Gasteiger charge is -2.41. The van der Waals surface area contributed by atoms with E-state index in [0.717, 1.165) is 37.9 Å². The van der Waals surface area contributed by atoms with Crippen LogP contribution in [0.4, 0.5) is 0 Å². The third-order valence-electron chi connectivity index (χ3n) is 8.95. The molecule has 0 amide bonds. The molecule has 0 aliphatic carbocycles. The van der Waals surface area contributed by atoms with E-state index in [9.17, 15) is 5.11 Å². The van der Waals surface area contributed by atoms with E-state index in [1.807, 2.05) is 0 Å². The first-order valence-electron chi connectivity index (χ1n) is 16.3. The van der Waals surface area contributed by atoms with E-state index in [2.05, 4.69) is 88.6 Å². The van der Waals surface area contributed by atoms with Crippen LogP contribution >= 0.6 is 23.5 Å². The second-order valence-electron chi connectivity index (χ2n) is 13.5. The van der Waals surface area contributed by atoms with Crippen LogP contribution < -0.4 is 4.74 Å². The van der Waals surface area contributed by atoms with Gasteiger partial charge in [0.2, 0.25) is 0 Å². The molecule has 0 radical (unpaired) electrons. The summed E-state index contributed by atoms with van der Waals surface area (Å²) in [6, 6.07) is 8.51. The maximum atomic E-state index is 11.5. The number of hydrogen-bond acceptors (Lipinski definition) is 5. The lowest BCUT2D eigenvalue weighted by Crippen LogP contribution is -2.45. The van der Waals surface area contributed by atoms with E-state index in [4.69, 9.17) is 9.16 Å². The van der Waals surface area contributed by atoms with Gasteiger partial charge in [0.05, 0.1) is 17.3 Å². The van der Waals surface area contributed by atoms with E-state index in [0.29, 0.717) is 0 Å². The Morgan fingerprint density at radius 2 is 1.50 bits per heavy atom. The largest absolute Gasteiger partial charge is 0.497 e. The van der Waals surface area contributed by atoms with Gasteiger partial charge < -0.3 is 14.3 Å². The van der Waals surface area contributed by atoms with Crippen molar-refractivity contribution >= 4 is 31.8 Å². The molecule has 3 nitrogen and oxygen atoms in total. The number of ether oxygens (including phenoxy) is 1. The Kier molecular flexibility index (Phi) is 16.7. The lowest BCUT2D eigenvalue weighted by molar-refractivity contribution is 0.0731. The highest BCUT2D eigenvalue weighted by Crippen LogP contribution is 2.49. The van der Waals surface area contributed by atoms with E-state index >= 15 is 0 Å². The minimum atomic E-state index is -1.90. The maximum Gasteiger partial charge on any atom is 0.192 e. The van der Waals surface area contributed by atoms with Gasteiger partial charge in [0.25, 0.3) is 0 Å². The zero-order valence-electron chi connectivity index (χ0n) is 27.1. The average Bonchev–Trinajstić information content (AvgIpc) is 2.91. The molecule has 232 valence electrons. The molecular formula is C34H62O3S2Si. The third-order valence-corrected chi connectivity index (χ3v) is 17.0. The van der Waals surface area contributed by atoms with Gasteiger partial charge in [0.15, 0.2) is 8.32 Å². The minimum Gasteiger partial charge on any atom is -0.497 e. The quantitative estimate of drug-likeness (QED) is 0.117. The van der Waals surface area contributed by atoms with Crippen LogP contribution in [0.5, 0.6) is 5.75 Å². The summed E-state index contributed by atoms with van der Waals surface area (Å²) < 4.78 is 12.4. The first-order chi connectivity index (χ1) is 19.0. The number of unbranched alkanes of at least 4 members (excludes halogenated alkanes) is 8. The predicted octanol–water partition coefficient (Wildman–Crippen LogP) is 10.6. The first-order valence-corrected chi connectivity index (χ1v) is 21.1. The Labute approximate surface area is 257 Å². The van der Waals surface area contributed by atoms with Gasteiger partial charge in [-0.25, -0.2) is 0 Å². The fourth-order valence-electron chi connectivity index (χ4n) is 5.35. The molecule has 2 rings (SSSR count). The summed E-state index contributed by atoms with van der Waals surface area (Å²) >= 11 is 4.18. The van der Waals surface area contributed by atoms with Crippen LogP contribution in [0.25, 0.3) is 0 Å². The highest BCUT2D eigenvalue weighted by atomic mass is 32.2. The van der Waals surface area contributed by atoms with Crippen LogP contribution in [0.15, 0.2) is 24.3 Å². The van der Waals surface area contributed by atoms with Crippen molar-refractivity contribution in [2.75, 3.05) is 18.6 Å². The van der Waals surface area contributed by atoms with Gasteiger partial charge in [0.1, 0.15) is 5.75 Å². The monoisotopic (exact) mass is 610 g/mol. The Morgan fingerprint density at radius 3 is 2.05 bits per heavy atom. The summed E-state index contributed by atoms with van der Waals surface area (Å²) in [5.41, 5.74) is 1.35. The lowest BCUT2D eigenvalue weighted by atomic mass is 9.98. The van der Waals surface area contributed by atoms with Crippen LogP contribution in [-0.4, -0.2) is 48.3 Å². The average molecular weight is 611 g/mol. The highest BCUT2D eigenvalue weighted by molar-refractivity contribution is 8.18. The van der Waals surface area contributed by atoms with Crippen molar-refractivity contribution in [1.29, 1.82) is 0 Å². The van der Waals surface area contributed by atoms with E-state index in [1.165, 1.54) is 81.3 Å². The van der Waals surface area contributed by atoms with Crippen molar-refractivity contribution in [2.45, 2.75) is 158 Å². The molecule has 2 atom stereocenters. The zero-order valence-corrected chi connectivity index (χ0v) is 29.7. The van der Waals surface area contributed by atoms with Crippen molar-refractivity contribution < 1.29 is 14.3 Å².